The van der Waals surface area contributed by atoms with Gasteiger partial charge >= 0.3 is 0 Å². The molecule has 0 saturated carbocycles. The average Bonchev–Trinajstić information content (AvgIpc) is 2.66. The van der Waals surface area contributed by atoms with Gasteiger partial charge in [-0.25, -0.2) is 0 Å². The molecule has 0 bridgehead atoms. The normalized spacial score (nSPS) is 10.3. The number of nitro benzene ring substituents is 1. The molecule has 0 heterocycles. The zero-order valence-corrected chi connectivity index (χ0v) is 14.6. The highest BCUT2D eigenvalue weighted by Crippen LogP contribution is 2.25. The molecule has 5 nitrogen and oxygen atoms in total. The van der Waals surface area contributed by atoms with Crippen molar-refractivity contribution in [2.45, 2.75) is 13.2 Å². The van der Waals surface area contributed by atoms with Crippen LogP contribution < -0.4 is 10.1 Å². The Hall–Kier alpha value is -3.05. The van der Waals surface area contributed by atoms with E-state index in [2.05, 4.69) is 5.32 Å². The smallest absolute Gasteiger partial charge is 0.269 e. The number of nitrogens with zero attached hydrogens (tertiary/aromatic N) is 1. The molecule has 3 aromatic rings. The monoisotopic (exact) mass is 368 g/mol. The maximum atomic E-state index is 10.7. The van der Waals surface area contributed by atoms with Crippen LogP contribution in [0.5, 0.6) is 5.75 Å². The topological polar surface area (TPSA) is 64.4 Å². The molecule has 0 aliphatic carbocycles. The van der Waals surface area contributed by atoms with E-state index in [-0.39, 0.29) is 5.69 Å². The van der Waals surface area contributed by atoms with E-state index in [4.69, 9.17) is 16.3 Å². The van der Waals surface area contributed by atoms with Gasteiger partial charge in [0.1, 0.15) is 12.4 Å². The van der Waals surface area contributed by atoms with Crippen LogP contribution in [0.15, 0.2) is 72.8 Å². The lowest BCUT2D eigenvalue weighted by Gasteiger charge is -2.13. The Morgan fingerprint density at radius 3 is 2.42 bits per heavy atom. The van der Waals surface area contributed by atoms with Gasteiger partial charge in [-0.3, -0.25) is 10.1 Å². The Morgan fingerprint density at radius 1 is 1.00 bits per heavy atom. The molecular weight excluding hydrogens is 352 g/mol. The van der Waals surface area contributed by atoms with Crippen molar-refractivity contribution in [2.24, 2.45) is 0 Å². The summed E-state index contributed by atoms with van der Waals surface area (Å²) >= 11 is 6.11. The van der Waals surface area contributed by atoms with Crippen LogP contribution in [0.1, 0.15) is 11.1 Å². The molecule has 0 saturated heterocycles. The summed E-state index contributed by atoms with van der Waals surface area (Å²) in [6, 6.07) is 21.7. The van der Waals surface area contributed by atoms with Crippen molar-refractivity contribution in [3.8, 4) is 5.75 Å². The Labute approximate surface area is 156 Å². The second-order valence-electron chi connectivity index (χ2n) is 5.68. The average molecular weight is 369 g/mol. The minimum Gasteiger partial charge on any atom is -0.489 e. The summed E-state index contributed by atoms with van der Waals surface area (Å²) in [4.78, 5) is 10.3. The van der Waals surface area contributed by atoms with E-state index in [1.165, 1.54) is 12.1 Å². The van der Waals surface area contributed by atoms with E-state index in [1.807, 2.05) is 42.5 Å². The summed E-state index contributed by atoms with van der Waals surface area (Å²) in [5.74, 6) is 0.743. The summed E-state index contributed by atoms with van der Waals surface area (Å²) in [7, 11) is 0. The lowest BCUT2D eigenvalue weighted by molar-refractivity contribution is -0.384. The zero-order valence-electron chi connectivity index (χ0n) is 13.9. The van der Waals surface area contributed by atoms with Crippen LogP contribution in [-0.2, 0) is 13.2 Å². The fourth-order valence-electron chi connectivity index (χ4n) is 2.46. The lowest BCUT2D eigenvalue weighted by atomic mass is 10.2. The van der Waals surface area contributed by atoms with Gasteiger partial charge in [0.25, 0.3) is 5.69 Å². The van der Waals surface area contributed by atoms with Gasteiger partial charge in [-0.05, 0) is 35.9 Å². The first kappa shape index (κ1) is 17.8. The van der Waals surface area contributed by atoms with Gasteiger partial charge in [0, 0.05) is 35.0 Å². The summed E-state index contributed by atoms with van der Waals surface area (Å²) < 4.78 is 5.93. The van der Waals surface area contributed by atoms with E-state index in [0.29, 0.717) is 18.2 Å². The van der Waals surface area contributed by atoms with Crippen LogP contribution in [0.4, 0.5) is 11.4 Å². The highest BCUT2D eigenvalue weighted by atomic mass is 35.5. The summed E-state index contributed by atoms with van der Waals surface area (Å²) in [5, 5.41) is 14.6. The Balaban J connectivity index is 1.68. The molecule has 3 rings (SSSR count). The number of nitrogens with one attached hydrogen (secondary N) is 1. The first-order valence-electron chi connectivity index (χ1n) is 8.05. The number of halogens is 1. The molecule has 0 atom stereocenters. The van der Waals surface area contributed by atoms with Crippen LogP contribution in [0.2, 0.25) is 5.02 Å². The molecule has 0 aromatic heterocycles. The van der Waals surface area contributed by atoms with Crippen molar-refractivity contribution in [3.05, 3.63) is 99.1 Å². The quantitative estimate of drug-likeness (QED) is 0.445. The maximum Gasteiger partial charge on any atom is 0.269 e. The van der Waals surface area contributed by atoms with Gasteiger partial charge in [-0.15, -0.1) is 0 Å². The Kier molecular flexibility index (Phi) is 5.71. The van der Waals surface area contributed by atoms with Crippen molar-refractivity contribution in [1.82, 2.24) is 0 Å². The number of anilines is 1. The van der Waals surface area contributed by atoms with Crippen molar-refractivity contribution in [2.75, 3.05) is 5.32 Å². The molecule has 0 aliphatic rings. The molecule has 6 heteroatoms. The summed E-state index contributed by atoms with van der Waals surface area (Å²) in [6.45, 7) is 0.954. The number of non-ortho nitro benzene ring substituents is 1. The molecule has 3 aromatic carbocycles. The Morgan fingerprint density at radius 2 is 1.73 bits per heavy atom. The van der Waals surface area contributed by atoms with Gasteiger partial charge in [0.05, 0.1) is 4.92 Å². The van der Waals surface area contributed by atoms with Crippen molar-refractivity contribution < 1.29 is 9.66 Å². The lowest BCUT2D eigenvalue weighted by Crippen LogP contribution is -2.04. The van der Waals surface area contributed by atoms with Crippen LogP contribution in [-0.4, -0.2) is 4.92 Å². The van der Waals surface area contributed by atoms with Gasteiger partial charge in [0.15, 0.2) is 0 Å². The van der Waals surface area contributed by atoms with E-state index in [9.17, 15) is 10.1 Å². The van der Waals surface area contributed by atoms with Gasteiger partial charge < -0.3 is 10.1 Å². The molecule has 26 heavy (non-hydrogen) atoms. The fourth-order valence-corrected chi connectivity index (χ4v) is 2.66. The minimum atomic E-state index is -0.420. The molecular formula is C20H17ClN2O3. The first-order chi connectivity index (χ1) is 12.6. The van der Waals surface area contributed by atoms with Crippen LogP contribution in [0, 0.1) is 10.1 Å². The van der Waals surface area contributed by atoms with Crippen molar-refractivity contribution in [3.63, 3.8) is 0 Å². The van der Waals surface area contributed by atoms with Gasteiger partial charge in [-0.2, -0.15) is 0 Å². The molecule has 0 fully saturated rings. The van der Waals surface area contributed by atoms with E-state index >= 15 is 0 Å². The van der Waals surface area contributed by atoms with Gasteiger partial charge in [-0.1, -0.05) is 41.9 Å². The molecule has 0 amide bonds. The third-order valence-electron chi connectivity index (χ3n) is 3.82. The third kappa shape index (κ3) is 4.74. The standard InChI is InChI=1S/C20H17ClN2O3/c21-17-6-11-20(26-14-15-4-2-1-3-5-15)16(12-17)13-22-18-7-9-19(10-8-18)23(24)25/h1-12,22H,13-14H2. The van der Waals surface area contributed by atoms with Crippen LogP contribution in [0.3, 0.4) is 0 Å². The highest BCUT2D eigenvalue weighted by molar-refractivity contribution is 6.30. The minimum absolute atomic E-state index is 0.0604. The van der Waals surface area contributed by atoms with E-state index < -0.39 is 4.92 Å². The first-order valence-corrected chi connectivity index (χ1v) is 8.43. The predicted octanol–water partition coefficient (Wildman–Crippen LogP) is 5.44. The predicted molar refractivity (Wildman–Crippen MR) is 103 cm³/mol. The largest absolute Gasteiger partial charge is 0.489 e. The molecule has 0 radical (unpaired) electrons. The van der Waals surface area contributed by atoms with E-state index in [0.717, 1.165) is 22.6 Å². The zero-order chi connectivity index (χ0) is 18.4. The number of hydrogen-bond donors (Lipinski definition) is 1. The fraction of sp³-hybridized carbons (Fsp3) is 0.100. The Bertz CT molecular complexity index is 883. The molecule has 0 aliphatic heterocycles. The number of ether oxygens (including phenoxy) is 1. The second kappa shape index (κ2) is 8.36. The maximum absolute atomic E-state index is 10.7. The third-order valence-corrected chi connectivity index (χ3v) is 4.06. The molecule has 0 unspecified atom stereocenters. The summed E-state index contributed by atoms with van der Waals surface area (Å²) in [6.07, 6.45) is 0. The number of rotatable bonds is 7. The number of hydrogen-bond acceptors (Lipinski definition) is 4. The SMILES string of the molecule is O=[N+]([O-])c1ccc(NCc2cc(Cl)ccc2OCc2ccccc2)cc1. The highest BCUT2D eigenvalue weighted by Gasteiger charge is 2.07. The molecule has 1 N–H and O–H groups in total. The number of benzene rings is 3. The van der Waals surface area contributed by atoms with Gasteiger partial charge in [0.2, 0.25) is 0 Å². The van der Waals surface area contributed by atoms with Crippen LogP contribution >= 0.6 is 11.6 Å². The van der Waals surface area contributed by atoms with E-state index in [1.54, 1.807) is 18.2 Å². The van der Waals surface area contributed by atoms with Crippen molar-refractivity contribution in [1.29, 1.82) is 0 Å². The second-order valence-corrected chi connectivity index (χ2v) is 6.12. The summed E-state index contributed by atoms with van der Waals surface area (Å²) in [5.41, 5.74) is 2.83. The molecule has 132 valence electrons. The molecule has 0 spiro atoms. The number of nitro groups is 1. The van der Waals surface area contributed by atoms with Crippen molar-refractivity contribution >= 4 is 23.0 Å². The van der Waals surface area contributed by atoms with Crippen LogP contribution in [0.25, 0.3) is 0 Å².